The van der Waals surface area contributed by atoms with E-state index in [1.807, 2.05) is 0 Å². The van der Waals surface area contributed by atoms with Crippen LogP contribution in [0.1, 0.15) is 38.7 Å². The molecule has 2 atom stereocenters. The van der Waals surface area contributed by atoms with Crippen LogP contribution in [0.3, 0.4) is 0 Å². The Morgan fingerprint density at radius 1 is 1.39 bits per heavy atom. The van der Waals surface area contributed by atoms with Crippen molar-refractivity contribution in [3.63, 3.8) is 0 Å². The van der Waals surface area contributed by atoms with Gasteiger partial charge >= 0.3 is 0 Å². The van der Waals surface area contributed by atoms with Gasteiger partial charge in [0.25, 0.3) is 0 Å². The van der Waals surface area contributed by atoms with Gasteiger partial charge in [0.05, 0.1) is 0 Å². The highest BCUT2D eigenvalue weighted by atomic mass is 15.2. The molecule has 0 radical (unpaired) electrons. The first-order valence-electron chi connectivity index (χ1n) is 7.26. The summed E-state index contributed by atoms with van der Waals surface area (Å²) in [5.41, 5.74) is 2.80. The third kappa shape index (κ3) is 3.05. The van der Waals surface area contributed by atoms with E-state index in [0.29, 0.717) is 12.1 Å². The van der Waals surface area contributed by atoms with Gasteiger partial charge in [0.2, 0.25) is 0 Å². The number of likely N-dealkylation sites (N-methyl/N-ethyl adjacent to an activating group) is 1. The molecule has 0 aliphatic carbocycles. The van der Waals surface area contributed by atoms with Gasteiger partial charge in [-0.3, -0.25) is 4.90 Å². The largest absolute Gasteiger partial charge is 0.383 e. The topological polar surface area (TPSA) is 15.3 Å². The Morgan fingerprint density at radius 3 is 2.94 bits per heavy atom. The van der Waals surface area contributed by atoms with Gasteiger partial charge in [-0.15, -0.1) is 0 Å². The van der Waals surface area contributed by atoms with Crippen LogP contribution in [0.4, 0.5) is 5.69 Å². The number of hydrogen-bond donors (Lipinski definition) is 1. The van der Waals surface area contributed by atoms with Crippen LogP contribution < -0.4 is 5.32 Å². The summed E-state index contributed by atoms with van der Waals surface area (Å²) in [4.78, 5) is 2.56. The van der Waals surface area contributed by atoms with Gasteiger partial charge in [-0.25, -0.2) is 0 Å². The quantitative estimate of drug-likeness (QED) is 0.874. The molecule has 18 heavy (non-hydrogen) atoms. The van der Waals surface area contributed by atoms with E-state index in [1.54, 1.807) is 0 Å². The predicted molar refractivity (Wildman–Crippen MR) is 79.2 cm³/mol. The summed E-state index contributed by atoms with van der Waals surface area (Å²) < 4.78 is 0. The van der Waals surface area contributed by atoms with Gasteiger partial charge in [-0.05, 0) is 44.9 Å². The second-order valence-corrected chi connectivity index (χ2v) is 5.53. The van der Waals surface area contributed by atoms with E-state index in [9.17, 15) is 0 Å². The molecule has 100 valence electrons. The number of fused-ring (bicyclic) bond motifs is 1. The zero-order valence-corrected chi connectivity index (χ0v) is 11.9. The molecule has 2 heteroatoms. The number of hydrogen-bond acceptors (Lipinski definition) is 2. The molecular formula is C16H26N2. The van der Waals surface area contributed by atoms with Gasteiger partial charge < -0.3 is 5.32 Å². The smallest absolute Gasteiger partial charge is 0.0373 e. The van der Waals surface area contributed by atoms with E-state index < -0.39 is 0 Å². The molecule has 2 nitrogen and oxygen atoms in total. The predicted octanol–water partition coefficient (Wildman–Crippen LogP) is 3.53. The lowest BCUT2D eigenvalue weighted by molar-refractivity contribution is 0.175. The van der Waals surface area contributed by atoms with Gasteiger partial charge in [0.15, 0.2) is 0 Å². The van der Waals surface area contributed by atoms with Crippen LogP contribution in [0.2, 0.25) is 0 Å². The first kappa shape index (κ1) is 13.4. The van der Waals surface area contributed by atoms with Crippen molar-refractivity contribution >= 4 is 5.69 Å². The van der Waals surface area contributed by atoms with Crippen LogP contribution in [0.5, 0.6) is 0 Å². The summed E-state index contributed by atoms with van der Waals surface area (Å²) in [6.07, 6.45) is 5.01. The summed E-state index contributed by atoms with van der Waals surface area (Å²) in [5, 5.41) is 3.61. The molecule has 2 rings (SSSR count). The highest BCUT2D eigenvalue weighted by Gasteiger charge is 2.22. The molecule has 0 amide bonds. The lowest BCUT2D eigenvalue weighted by Crippen LogP contribution is -2.42. The average molecular weight is 246 g/mol. The number of aryl methyl sites for hydroxylation is 1. The van der Waals surface area contributed by atoms with Crippen molar-refractivity contribution in [2.24, 2.45) is 0 Å². The van der Waals surface area contributed by atoms with Crippen LogP contribution in [-0.2, 0) is 6.42 Å². The van der Waals surface area contributed by atoms with Crippen molar-refractivity contribution in [2.75, 3.05) is 18.9 Å². The molecule has 0 fully saturated rings. The van der Waals surface area contributed by atoms with E-state index >= 15 is 0 Å². The van der Waals surface area contributed by atoms with Crippen molar-refractivity contribution < 1.29 is 0 Å². The molecule has 1 aromatic carbocycles. The van der Waals surface area contributed by atoms with Crippen molar-refractivity contribution in [1.82, 2.24) is 4.90 Å². The average Bonchev–Trinajstić information content (AvgIpc) is 2.60. The molecular weight excluding hydrogens is 220 g/mol. The molecule has 2 unspecified atom stereocenters. The highest BCUT2D eigenvalue weighted by molar-refractivity contribution is 5.52. The number of rotatable bonds is 4. The van der Waals surface area contributed by atoms with E-state index in [1.165, 1.54) is 36.9 Å². The molecule has 0 aromatic heterocycles. The van der Waals surface area contributed by atoms with Crippen molar-refractivity contribution in [3.05, 3.63) is 29.8 Å². The number of nitrogens with zero attached hydrogens (tertiary/aromatic N) is 1. The molecule has 0 saturated carbocycles. The number of benzene rings is 1. The minimum absolute atomic E-state index is 0.652. The molecule has 1 N–H and O–H groups in total. The zero-order valence-electron chi connectivity index (χ0n) is 11.9. The van der Waals surface area contributed by atoms with E-state index in [-0.39, 0.29) is 0 Å². The summed E-state index contributed by atoms with van der Waals surface area (Å²) in [5.74, 6) is 0. The van der Waals surface area contributed by atoms with Crippen LogP contribution >= 0.6 is 0 Å². The van der Waals surface area contributed by atoms with Gasteiger partial charge in [-0.1, -0.05) is 31.5 Å². The molecule has 1 heterocycles. The molecule has 0 spiro atoms. The summed E-state index contributed by atoms with van der Waals surface area (Å²) in [7, 11) is 2.28. The lowest BCUT2D eigenvalue weighted by Gasteiger charge is -2.32. The molecule has 1 aromatic rings. The van der Waals surface area contributed by atoms with E-state index in [2.05, 4.69) is 55.4 Å². The Hall–Kier alpha value is -1.02. The van der Waals surface area contributed by atoms with Crippen molar-refractivity contribution in [3.8, 4) is 0 Å². The van der Waals surface area contributed by atoms with Crippen LogP contribution in [-0.4, -0.2) is 30.6 Å². The molecule has 1 aliphatic rings. The molecule has 1 aliphatic heterocycles. The Labute approximate surface area is 111 Å². The third-order valence-corrected chi connectivity index (χ3v) is 4.27. The number of para-hydroxylation sites is 1. The molecule has 0 bridgehead atoms. The summed E-state index contributed by atoms with van der Waals surface area (Å²) in [6.45, 7) is 5.69. The van der Waals surface area contributed by atoms with Crippen molar-refractivity contribution in [2.45, 2.75) is 51.6 Å². The van der Waals surface area contributed by atoms with Gasteiger partial charge in [-0.2, -0.15) is 0 Å². The van der Waals surface area contributed by atoms with E-state index in [4.69, 9.17) is 0 Å². The Bertz CT molecular complexity index is 348. The zero-order chi connectivity index (χ0) is 13.0. The highest BCUT2D eigenvalue weighted by Crippen LogP contribution is 2.23. The Kier molecular flexibility index (Phi) is 4.65. The fraction of sp³-hybridized carbons (Fsp3) is 0.625. The van der Waals surface area contributed by atoms with Gasteiger partial charge in [0, 0.05) is 24.3 Å². The summed E-state index contributed by atoms with van der Waals surface area (Å²) in [6, 6.07) is 10.1. The van der Waals surface area contributed by atoms with Crippen LogP contribution in [0.15, 0.2) is 24.3 Å². The second kappa shape index (κ2) is 6.24. The number of nitrogens with one attached hydrogen (secondary N) is 1. The Morgan fingerprint density at radius 2 is 2.17 bits per heavy atom. The first-order valence-corrected chi connectivity index (χ1v) is 7.26. The minimum Gasteiger partial charge on any atom is -0.383 e. The lowest BCUT2D eigenvalue weighted by atomic mass is 10.0. The normalized spacial score (nSPS) is 21.0. The van der Waals surface area contributed by atoms with Crippen LogP contribution in [0.25, 0.3) is 0 Å². The van der Waals surface area contributed by atoms with Crippen LogP contribution in [0, 0.1) is 0 Å². The fourth-order valence-electron chi connectivity index (χ4n) is 2.89. The number of anilines is 1. The van der Waals surface area contributed by atoms with Crippen molar-refractivity contribution in [1.29, 1.82) is 0 Å². The van der Waals surface area contributed by atoms with Gasteiger partial charge in [0.1, 0.15) is 0 Å². The maximum absolute atomic E-state index is 3.61. The second-order valence-electron chi connectivity index (χ2n) is 5.53. The molecule has 0 saturated heterocycles. The third-order valence-electron chi connectivity index (χ3n) is 4.27. The first-order chi connectivity index (χ1) is 8.72. The Balaban J connectivity index is 1.99. The monoisotopic (exact) mass is 246 g/mol. The maximum atomic E-state index is 3.61. The minimum atomic E-state index is 0.652. The fourth-order valence-corrected chi connectivity index (χ4v) is 2.89. The SMILES string of the molecule is CCCC(C)N(C)C1CCc2ccccc2NC1. The summed E-state index contributed by atoms with van der Waals surface area (Å²) >= 11 is 0. The standard InChI is InChI=1S/C16H26N2/c1-4-7-13(2)18(3)15-11-10-14-8-5-6-9-16(14)17-12-15/h5-6,8-9,13,15,17H,4,7,10-12H2,1-3H3. The maximum Gasteiger partial charge on any atom is 0.0373 e. The van der Waals surface area contributed by atoms with E-state index in [0.717, 1.165) is 6.54 Å².